The van der Waals surface area contributed by atoms with Crippen LogP contribution in [-0.4, -0.2) is 48.4 Å². The highest BCUT2D eigenvalue weighted by Gasteiger charge is 2.33. The number of halogens is 1. The topological polar surface area (TPSA) is 75.2 Å². The van der Waals surface area contributed by atoms with E-state index < -0.39 is 10.0 Å². The van der Waals surface area contributed by atoms with Gasteiger partial charge in [-0.3, -0.25) is 0 Å². The predicted octanol–water partition coefficient (Wildman–Crippen LogP) is 0.498. The average Bonchev–Trinajstić information content (AvgIpc) is 2.28. The molecule has 8 heteroatoms. The van der Waals surface area contributed by atoms with Gasteiger partial charge in [-0.05, 0) is 26.8 Å². The molecule has 1 fully saturated rings. The normalized spacial score (nSPS) is 20.9. The van der Waals surface area contributed by atoms with Crippen LogP contribution in [0.25, 0.3) is 0 Å². The van der Waals surface area contributed by atoms with E-state index in [1.165, 1.54) is 4.31 Å². The number of hydrogen-bond donors (Lipinski definition) is 1. The van der Waals surface area contributed by atoms with Crippen LogP contribution < -0.4 is 5.32 Å². The third-order valence-corrected chi connectivity index (χ3v) is 4.75. The summed E-state index contributed by atoms with van der Waals surface area (Å²) in [6, 6.07) is 1.69. The fourth-order valence-electron chi connectivity index (χ4n) is 2.09. The lowest BCUT2D eigenvalue weighted by molar-refractivity contribution is 0.282. The van der Waals surface area contributed by atoms with E-state index in [-0.39, 0.29) is 23.6 Å². The maximum atomic E-state index is 12.5. The molecule has 0 amide bonds. The van der Waals surface area contributed by atoms with E-state index in [0.29, 0.717) is 31.0 Å². The van der Waals surface area contributed by atoms with Gasteiger partial charge in [-0.1, -0.05) is 0 Å². The van der Waals surface area contributed by atoms with Crippen molar-refractivity contribution < 1.29 is 8.42 Å². The molecule has 0 bridgehead atoms. The Bertz CT molecular complexity index is 529. The van der Waals surface area contributed by atoms with Crippen LogP contribution >= 0.6 is 12.4 Å². The molecule has 108 valence electrons. The Balaban J connectivity index is 0.00000180. The van der Waals surface area contributed by atoms with Crippen LogP contribution in [0, 0.1) is 13.8 Å². The quantitative estimate of drug-likeness (QED) is 0.805. The zero-order chi connectivity index (χ0) is 13.3. The number of rotatable bonds is 2. The maximum Gasteiger partial charge on any atom is 0.279 e. The van der Waals surface area contributed by atoms with Gasteiger partial charge in [0.25, 0.3) is 15.2 Å². The molecule has 1 atom stereocenters. The first-order valence-corrected chi connectivity index (χ1v) is 7.40. The first kappa shape index (κ1) is 16.3. The summed E-state index contributed by atoms with van der Waals surface area (Å²) in [7, 11) is -3.59. The van der Waals surface area contributed by atoms with Crippen molar-refractivity contribution in [2.24, 2.45) is 0 Å². The predicted molar refractivity (Wildman–Crippen MR) is 75.0 cm³/mol. The van der Waals surface area contributed by atoms with Crippen molar-refractivity contribution in [3.8, 4) is 0 Å². The van der Waals surface area contributed by atoms with E-state index >= 15 is 0 Å². The SMILES string of the molecule is Cc1cc(C)nc(S(=O)(=O)N2CCNCC2C)n1.Cl. The van der Waals surface area contributed by atoms with Crippen molar-refractivity contribution in [1.29, 1.82) is 0 Å². The van der Waals surface area contributed by atoms with Gasteiger partial charge in [0.1, 0.15) is 0 Å². The molecule has 1 unspecified atom stereocenters. The van der Waals surface area contributed by atoms with E-state index in [4.69, 9.17) is 0 Å². The van der Waals surface area contributed by atoms with Gasteiger partial charge in [-0.25, -0.2) is 18.4 Å². The second kappa shape index (κ2) is 6.13. The monoisotopic (exact) mass is 306 g/mol. The van der Waals surface area contributed by atoms with Crippen molar-refractivity contribution in [2.75, 3.05) is 19.6 Å². The summed E-state index contributed by atoms with van der Waals surface area (Å²) < 4.78 is 26.4. The van der Waals surface area contributed by atoms with Gasteiger partial charge in [-0.15, -0.1) is 12.4 Å². The number of nitrogens with zero attached hydrogens (tertiary/aromatic N) is 3. The van der Waals surface area contributed by atoms with E-state index in [1.807, 2.05) is 6.92 Å². The third-order valence-electron chi connectivity index (χ3n) is 2.94. The van der Waals surface area contributed by atoms with Gasteiger partial charge in [0, 0.05) is 37.1 Å². The second-order valence-electron chi connectivity index (χ2n) is 4.60. The summed E-state index contributed by atoms with van der Waals surface area (Å²) in [5.74, 6) is 0. The molecule has 19 heavy (non-hydrogen) atoms. The van der Waals surface area contributed by atoms with Crippen molar-refractivity contribution >= 4 is 22.4 Å². The van der Waals surface area contributed by atoms with Gasteiger partial charge in [0.2, 0.25) is 0 Å². The van der Waals surface area contributed by atoms with Gasteiger partial charge < -0.3 is 5.32 Å². The van der Waals surface area contributed by atoms with Crippen LogP contribution in [0.2, 0.25) is 0 Å². The molecule has 1 N–H and O–H groups in total. The van der Waals surface area contributed by atoms with Crippen molar-refractivity contribution in [3.63, 3.8) is 0 Å². The van der Waals surface area contributed by atoms with E-state index in [1.54, 1.807) is 19.9 Å². The van der Waals surface area contributed by atoms with Gasteiger partial charge in [0.15, 0.2) is 0 Å². The Morgan fingerprint density at radius 1 is 1.32 bits per heavy atom. The minimum Gasteiger partial charge on any atom is -0.314 e. The summed E-state index contributed by atoms with van der Waals surface area (Å²) in [5.41, 5.74) is 1.34. The lowest BCUT2D eigenvalue weighted by Gasteiger charge is -2.32. The zero-order valence-corrected chi connectivity index (χ0v) is 12.9. The lowest BCUT2D eigenvalue weighted by atomic mass is 10.3. The minimum atomic E-state index is -3.59. The molecule has 2 heterocycles. The van der Waals surface area contributed by atoms with Crippen LogP contribution in [0.5, 0.6) is 0 Å². The Hall–Kier alpha value is -0.760. The maximum absolute atomic E-state index is 12.5. The second-order valence-corrected chi connectivity index (χ2v) is 6.39. The zero-order valence-electron chi connectivity index (χ0n) is 11.3. The highest BCUT2D eigenvalue weighted by Crippen LogP contribution is 2.16. The standard InChI is InChI=1S/C11H18N4O2S.ClH/c1-8-6-9(2)14-11(13-8)18(16,17)15-5-4-12-7-10(15)3;/h6,10,12H,4-5,7H2,1-3H3;1H. The molecular weight excluding hydrogens is 288 g/mol. The van der Waals surface area contributed by atoms with E-state index in [0.717, 1.165) is 0 Å². The first-order chi connectivity index (χ1) is 8.41. The molecule has 0 aliphatic carbocycles. The molecule has 0 aromatic carbocycles. The van der Waals surface area contributed by atoms with Crippen LogP contribution in [0.1, 0.15) is 18.3 Å². The fraction of sp³-hybridized carbons (Fsp3) is 0.636. The fourth-order valence-corrected chi connectivity index (χ4v) is 3.70. The summed E-state index contributed by atoms with van der Waals surface area (Å²) >= 11 is 0. The summed E-state index contributed by atoms with van der Waals surface area (Å²) in [4.78, 5) is 8.11. The van der Waals surface area contributed by atoms with Crippen LogP contribution in [-0.2, 0) is 10.0 Å². The van der Waals surface area contributed by atoms with Crippen molar-refractivity contribution in [2.45, 2.75) is 32.0 Å². The average molecular weight is 307 g/mol. The lowest BCUT2D eigenvalue weighted by Crippen LogP contribution is -2.52. The molecule has 0 radical (unpaired) electrons. The number of aryl methyl sites for hydroxylation is 2. The molecule has 1 aliphatic rings. The Morgan fingerprint density at radius 3 is 2.42 bits per heavy atom. The van der Waals surface area contributed by atoms with Gasteiger partial charge in [0.05, 0.1) is 0 Å². The van der Waals surface area contributed by atoms with Gasteiger partial charge >= 0.3 is 0 Å². The van der Waals surface area contributed by atoms with E-state index in [2.05, 4.69) is 15.3 Å². The van der Waals surface area contributed by atoms with Gasteiger partial charge in [-0.2, -0.15) is 4.31 Å². The number of piperazine rings is 1. The Labute approximate surface area is 120 Å². The Morgan fingerprint density at radius 2 is 1.89 bits per heavy atom. The molecule has 2 rings (SSSR count). The minimum absolute atomic E-state index is 0. The first-order valence-electron chi connectivity index (χ1n) is 5.96. The number of hydrogen-bond acceptors (Lipinski definition) is 5. The molecule has 1 aliphatic heterocycles. The third kappa shape index (κ3) is 3.42. The number of nitrogens with one attached hydrogen (secondary N) is 1. The van der Waals surface area contributed by atoms with Crippen molar-refractivity contribution in [1.82, 2.24) is 19.6 Å². The Kier molecular flexibility index (Phi) is 5.26. The molecule has 1 aromatic rings. The van der Waals surface area contributed by atoms with E-state index in [9.17, 15) is 8.42 Å². The van der Waals surface area contributed by atoms with Crippen LogP contribution in [0.4, 0.5) is 0 Å². The number of aromatic nitrogens is 2. The van der Waals surface area contributed by atoms with Crippen molar-refractivity contribution in [3.05, 3.63) is 17.5 Å². The number of sulfonamides is 1. The molecular formula is C11H19ClN4O2S. The largest absolute Gasteiger partial charge is 0.314 e. The molecule has 0 saturated carbocycles. The summed E-state index contributed by atoms with van der Waals surface area (Å²) in [6.45, 7) is 7.20. The highest BCUT2D eigenvalue weighted by atomic mass is 35.5. The molecule has 1 saturated heterocycles. The molecule has 0 spiro atoms. The van der Waals surface area contributed by atoms with Crippen LogP contribution in [0.15, 0.2) is 11.2 Å². The molecule has 6 nitrogen and oxygen atoms in total. The molecule has 1 aromatic heterocycles. The van der Waals surface area contributed by atoms with Crippen LogP contribution in [0.3, 0.4) is 0 Å². The highest BCUT2D eigenvalue weighted by molar-refractivity contribution is 7.89. The smallest absolute Gasteiger partial charge is 0.279 e. The summed E-state index contributed by atoms with van der Waals surface area (Å²) in [6.07, 6.45) is 0. The summed E-state index contributed by atoms with van der Waals surface area (Å²) in [5, 5.41) is 3.07.